The molecule has 0 spiro atoms. The molecule has 1 atom stereocenters. The van der Waals surface area contributed by atoms with Crippen molar-refractivity contribution in [1.29, 1.82) is 0 Å². The summed E-state index contributed by atoms with van der Waals surface area (Å²) in [6, 6.07) is 2.35. The maximum absolute atomic E-state index is 5.35. The van der Waals surface area contributed by atoms with Crippen LogP contribution in [0.2, 0.25) is 0 Å². The highest BCUT2D eigenvalue weighted by Gasteiger charge is 2.20. The van der Waals surface area contributed by atoms with Gasteiger partial charge < -0.3 is 10.1 Å². The number of anilines is 1. The van der Waals surface area contributed by atoms with Crippen LogP contribution < -0.4 is 5.32 Å². The van der Waals surface area contributed by atoms with Gasteiger partial charge in [0.2, 0.25) is 0 Å². The van der Waals surface area contributed by atoms with Crippen LogP contribution in [0, 0.1) is 5.92 Å². The Morgan fingerprint density at radius 1 is 1.47 bits per heavy atom. The van der Waals surface area contributed by atoms with Crippen molar-refractivity contribution >= 4 is 5.82 Å². The second-order valence-electron chi connectivity index (χ2n) is 3.98. The highest BCUT2D eigenvalue weighted by atomic mass is 16.5. The Hall–Kier alpha value is -1.16. The van der Waals surface area contributed by atoms with Crippen molar-refractivity contribution in [2.24, 2.45) is 5.92 Å². The quantitative estimate of drug-likeness (QED) is 0.819. The predicted molar refractivity (Wildman–Crippen MR) is 58.7 cm³/mol. The molecule has 2 rings (SSSR count). The third-order valence-corrected chi connectivity index (χ3v) is 2.93. The predicted octanol–water partition coefficient (Wildman–Crippen LogP) is 1.70. The van der Waals surface area contributed by atoms with Crippen molar-refractivity contribution in [3.63, 3.8) is 0 Å². The molecule has 4 heteroatoms. The van der Waals surface area contributed by atoms with E-state index in [-0.39, 0.29) is 0 Å². The van der Waals surface area contributed by atoms with Gasteiger partial charge in [0.05, 0.1) is 0 Å². The van der Waals surface area contributed by atoms with Gasteiger partial charge >= 0.3 is 0 Å². The van der Waals surface area contributed by atoms with Crippen molar-refractivity contribution in [3.05, 3.63) is 18.6 Å². The molecule has 1 aliphatic rings. The van der Waals surface area contributed by atoms with Gasteiger partial charge in [0, 0.05) is 25.5 Å². The molecular formula is C11H17N3O. The van der Waals surface area contributed by atoms with E-state index in [1.807, 2.05) is 6.07 Å². The molecule has 1 aromatic rings. The van der Waals surface area contributed by atoms with Crippen LogP contribution in [-0.2, 0) is 4.74 Å². The molecule has 1 unspecified atom stereocenters. The molecule has 4 nitrogen and oxygen atoms in total. The van der Waals surface area contributed by atoms with Crippen LogP contribution in [0.1, 0.15) is 19.8 Å². The van der Waals surface area contributed by atoms with Gasteiger partial charge in [-0.2, -0.15) is 0 Å². The van der Waals surface area contributed by atoms with E-state index in [4.69, 9.17) is 4.74 Å². The van der Waals surface area contributed by atoms with E-state index in [1.165, 1.54) is 0 Å². The summed E-state index contributed by atoms with van der Waals surface area (Å²) < 4.78 is 5.35. The summed E-state index contributed by atoms with van der Waals surface area (Å²) in [6.45, 7) is 3.99. The molecule has 1 saturated heterocycles. The zero-order valence-electron chi connectivity index (χ0n) is 9.02. The van der Waals surface area contributed by atoms with Crippen LogP contribution in [0.5, 0.6) is 0 Å². The Morgan fingerprint density at radius 2 is 2.27 bits per heavy atom. The Balaban J connectivity index is 1.88. The lowest BCUT2D eigenvalue weighted by molar-refractivity contribution is 0.0622. The van der Waals surface area contributed by atoms with Crippen LogP contribution in [0.15, 0.2) is 18.6 Å². The minimum Gasteiger partial charge on any atom is -0.381 e. The maximum Gasteiger partial charge on any atom is 0.129 e. The van der Waals surface area contributed by atoms with Crippen LogP contribution in [0.3, 0.4) is 0 Å². The van der Waals surface area contributed by atoms with Gasteiger partial charge in [0.1, 0.15) is 12.1 Å². The monoisotopic (exact) mass is 207 g/mol. The molecule has 0 amide bonds. The van der Waals surface area contributed by atoms with Gasteiger partial charge in [-0.1, -0.05) is 0 Å². The fraction of sp³-hybridized carbons (Fsp3) is 0.636. The van der Waals surface area contributed by atoms with Gasteiger partial charge in [0.25, 0.3) is 0 Å². The third-order valence-electron chi connectivity index (χ3n) is 2.93. The SMILES string of the molecule is CC(Nc1ccncn1)C1CCOCC1. The van der Waals surface area contributed by atoms with Gasteiger partial charge in [-0.15, -0.1) is 0 Å². The van der Waals surface area contributed by atoms with Crippen molar-refractivity contribution in [1.82, 2.24) is 9.97 Å². The summed E-state index contributed by atoms with van der Waals surface area (Å²) in [4.78, 5) is 8.05. The van der Waals surface area contributed by atoms with Crippen LogP contribution in [-0.4, -0.2) is 29.2 Å². The molecule has 2 heterocycles. The second kappa shape index (κ2) is 5.07. The zero-order valence-corrected chi connectivity index (χ0v) is 9.02. The van der Waals surface area contributed by atoms with E-state index in [0.29, 0.717) is 12.0 Å². The normalized spacial score (nSPS) is 19.8. The van der Waals surface area contributed by atoms with Crippen LogP contribution >= 0.6 is 0 Å². The molecule has 0 aliphatic carbocycles. The smallest absolute Gasteiger partial charge is 0.129 e. The van der Waals surface area contributed by atoms with E-state index < -0.39 is 0 Å². The number of hydrogen-bond donors (Lipinski definition) is 1. The molecule has 1 N–H and O–H groups in total. The average molecular weight is 207 g/mol. The standard InChI is InChI=1S/C11H17N3O/c1-9(10-3-6-15-7-4-10)14-11-2-5-12-8-13-11/h2,5,8-10H,3-4,6-7H2,1H3,(H,12,13,14). The number of nitrogens with zero attached hydrogens (tertiary/aromatic N) is 2. The number of aromatic nitrogens is 2. The van der Waals surface area contributed by atoms with Gasteiger partial charge in [-0.05, 0) is 31.7 Å². The lowest BCUT2D eigenvalue weighted by atomic mass is 9.93. The Kier molecular flexibility index (Phi) is 3.50. The largest absolute Gasteiger partial charge is 0.381 e. The highest BCUT2D eigenvalue weighted by molar-refractivity contribution is 5.32. The Labute approximate surface area is 90.1 Å². The Morgan fingerprint density at radius 3 is 2.93 bits per heavy atom. The first kappa shape index (κ1) is 10.4. The second-order valence-corrected chi connectivity index (χ2v) is 3.98. The van der Waals surface area contributed by atoms with Crippen molar-refractivity contribution in [2.45, 2.75) is 25.8 Å². The van der Waals surface area contributed by atoms with E-state index in [9.17, 15) is 0 Å². The topological polar surface area (TPSA) is 47.0 Å². The van der Waals surface area contributed by atoms with E-state index >= 15 is 0 Å². The van der Waals surface area contributed by atoms with Crippen LogP contribution in [0.4, 0.5) is 5.82 Å². The fourth-order valence-corrected chi connectivity index (χ4v) is 1.94. The van der Waals surface area contributed by atoms with Crippen molar-refractivity contribution in [2.75, 3.05) is 18.5 Å². The molecule has 1 fully saturated rings. The molecule has 0 saturated carbocycles. The van der Waals surface area contributed by atoms with Gasteiger partial charge in [-0.3, -0.25) is 0 Å². The summed E-state index contributed by atoms with van der Waals surface area (Å²) in [6.07, 6.45) is 5.60. The molecule has 82 valence electrons. The minimum atomic E-state index is 0.448. The first-order chi connectivity index (χ1) is 7.36. The maximum atomic E-state index is 5.35. The Bertz CT molecular complexity index is 285. The summed E-state index contributed by atoms with van der Waals surface area (Å²) in [5, 5.41) is 3.40. The van der Waals surface area contributed by atoms with Crippen molar-refractivity contribution < 1.29 is 4.74 Å². The highest BCUT2D eigenvalue weighted by Crippen LogP contribution is 2.20. The van der Waals surface area contributed by atoms with E-state index in [2.05, 4.69) is 22.2 Å². The lowest BCUT2D eigenvalue weighted by Crippen LogP contribution is -2.31. The van der Waals surface area contributed by atoms with Crippen molar-refractivity contribution in [3.8, 4) is 0 Å². The molecule has 15 heavy (non-hydrogen) atoms. The number of ether oxygens (including phenoxy) is 1. The summed E-state index contributed by atoms with van der Waals surface area (Å²) >= 11 is 0. The lowest BCUT2D eigenvalue weighted by Gasteiger charge is -2.28. The van der Waals surface area contributed by atoms with E-state index in [0.717, 1.165) is 31.9 Å². The minimum absolute atomic E-state index is 0.448. The summed E-state index contributed by atoms with van der Waals surface area (Å²) in [5.74, 6) is 1.60. The number of hydrogen-bond acceptors (Lipinski definition) is 4. The van der Waals surface area contributed by atoms with E-state index in [1.54, 1.807) is 12.5 Å². The zero-order chi connectivity index (χ0) is 10.5. The first-order valence-electron chi connectivity index (χ1n) is 5.46. The molecule has 0 radical (unpaired) electrons. The number of rotatable bonds is 3. The molecule has 1 aliphatic heterocycles. The third kappa shape index (κ3) is 2.89. The van der Waals surface area contributed by atoms with Gasteiger partial charge in [0.15, 0.2) is 0 Å². The van der Waals surface area contributed by atoms with Gasteiger partial charge in [-0.25, -0.2) is 9.97 Å². The fourth-order valence-electron chi connectivity index (χ4n) is 1.94. The molecule has 1 aromatic heterocycles. The molecule has 0 bridgehead atoms. The average Bonchev–Trinajstić information content (AvgIpc) is 2.31. The first-order valence-corrected chi connectivity index (χ1v) is 5.46. The number of nitrogens with one attached hydrogen (secondary N) is 1. The summed E-state index contributed by atoms with van der Waals surface area (Å²) in [5.41, 5.74) is 0. The molecular weight excluding hydrogens is 190 g/mol. The summed E-state index contributed by atoms with van der Waals surface area (Å²) in [7, 11) is 0. The molecule has 0 aromatic carbocycles. The van der Waals surface area contributed by atoms with Crippen LogP contribution in [0.25, 0.3) is 0 Å².